The molecule has 0 bridgehead atoms. The average molecular weight is 383 g/mol. The van der Waals surface area contributed by atoms with Crippen LogP contribution in [0.1, 0.15) is 19.4 Å². The summed E-state index contributed by atoms with van der Waals surface area (Å²) >= 11 is 0. The molecule has 1 aliphatic rings. The summed E-state index contributed by atoms with van der Waals surface area (Å²) in [5, 5.41) is 13.6. The van der Waals surface area contributed by atoms with Crippen molar-refractivity contribution in [1.82, 2.24) is 10.2 Å². The Kier molecular flexibility index (Phi) is 9.86. The van der Waals surface area contributed by atoms with Crippen LogP contribution in [0.15, 0.2) is 18.2 Å². The third kappa shape index (κ3) is 8.45. The molecule has 0 radical (unpaired) electrons. The molecule has 0 saturated carbocycles. The number of hydrogen-bond acceptors (Lipinski definition) is 7. The summed E-state index contributed by atoms with van der Waals surface area (Å²) in [5.41, 5.74) is 1.11. The van der Waals surface area contributed by atoms with Crippen LogP contribution in [0.5, 0.6) is 11.5 Å². The quantitative estimate of drug-likeness (QED) is 0.528. The van der Waals surface area contributed by atoms with Crippen molar-refractivity contribution >= 4 is 0 Å². The van der Waals surface area contributed by atoms with Crippen LogP contribution in [0, 0.1) is 0 Å². The minimum Gasteiger partial charge on any atom is -0.493 e. The molecule has 1 aromatic carbocycles. The van der Waals surface area contributed by atoms with E-state index in [0.717, 1.165) is 45.0 Å². The molecule has 7 nitrogen and oxygen atoms in total. The van der Waals surface area contributed by atoms with E-state index in [1.807, 2.05) is 32.0 Å². The van der Waals surface area contributed by atoms with Crippen molar-refractivity contribution in [1.29, 1.82) is 0 Å². The molecule has 0 spiro atoms. The fourth-order valence-electron chi connectivity index (χ4n) is 2.86. The van der Waals surface area contributed by atoms with E-state index in [-0.39, 0.29) is 12.7 Å². The van der Waals surface area contributed by atoms with Crippen LogP contribution >= 0.6 is 0 Å². The Bertz CT molecular complexity index is 535. The van der Waals surface area contributed by atoms with Gasteiger partial charge in [0.05, 0.1) is 33.0 Å². The predicted octanol–water partition coefficient (Wildman–Crippen LogP) is 1.28. The lowest BCUT2D eigenvalue weighted by Crippen LogP contribution is -2.42. The number of aliphatic hydroxyl groups excluding tert-OH is 1. The molecule has 0 aliphatic carbocycles. The molecular weight excluding hydrogens is 348 g/mol. The van der Waals surface area contributed by atoms with Crippen molar-refractivity contribution in [2.24, 2.45) is 0 Å². The fraction of sp³-hybridized carbons (Fsp3) is 0.700. The van der Waals surface area contributed by atoms with E-state index in [0.29, 0.717) is 24.7 Å². The number of rotatable bonds is 12. The molecule has 1 aliphatic heterocycles. The zero-order valence-electron chi connectivity index (χ0n) is 16.8. The lowest BCUT2D eigenvalue weighted by molar-refractivity contribution is 0.00445. The predicted molar refractivity (Wildman–Crippen MR) is 105 cm³/mol. The van der Waals surface area contributed by atoms with Gasteiger partial charge in [0, 0.05) is 32.7 Å². The third-order valence-electron chi connectivity index (χ3n) is 4.29. The molecule has 7 heteroatoms. The van der Waals surface area contributed by atoms with Gasteiger partial charge in [-0.3, -0.25) is 4.90 Å². The van der Waals surface area contributed by atoms with Gasteiger partial charge in [-0.25, -0.2) is 0 Å². The minimum absolute atomic E-state index is 0.234. The molecule has 27 heavy (non-hydrogen) atoms. The summed E-state index contributed by atoms with van der Waals surface area (Å²) in [6.45, 7) is 10.3. The number of methoxy groups -OCH3 is 1. The van der Waals surface area contributed by atoms with Gasteiger partial charge in [-0.15, -0.1) is 0 Å². The molecule has 154 valence electrons. The number of hydrogen-bond donors (Lipinski definition) is 2. The normalized spacial score (nSPS) is 16.5. The van der Waals surface area contributed by atoms with E-state index in [1.54, 1.807) is 7.11 Å². The number of aliphatic hydroxyl groups is 1. The van der Waals surface area contributed by atoms with Gasteiger partial charge < -0.3 is 29.4 Å². The minimum atomic E-state index is -0.546. The largest absolute Gasteiger partial charge is 0.493 e. The van der Waals surface area contributed by atoms with Crippen LogP contribution < -0.4 is 14.8 Å². The summed E-state index contributed by atoms with van der Waals surface area (Å²) in [6.07, 6.45) is -0.294. The topological polar surface area (TPSA) is 72.4 Å². The van der Waals surface area contributed by atoms with E-state index >= 15 is 0 Å². The monoisotopic (exact) mass is 382 g/mol. The van der Waals surface area contributed by atoms with Crippen LogP contribution in [-0.4, -0.2) is 81.9 Å². The molecule has 1 saturated heterocycles. The molecule has 0 amide bonds. The maximum absolute atomic E-state index is 10.2. The first-order valence-corrected chi connectivity index (χ1v) is 9.68. The highest BCUT2D eigenvalue weighted by Crippen LogP contribution is 2.28. The second kappa shape index (κ2) is 12.2. The van der Waals surface area contributed by atoms with Gasteiger partial charge in [0.15, 0.2) is 11.5 Å². The first kappa shape index (κ1) is 21.9. The molecule has 1 fully saturated rings. The van der Waals surface area contributed by atoms with Gasteiger partial charge >= 0.3 is 0 Å². The van der Waals surface area contributed by atoms with Gasteiger partial charge in [0.1, 0.15) is 12.7 Å². The molecular formula is C20H34N2O5. The number of β-amino-alcohol motifs (C(OH)–C–C–N with tert-alkyl or cyclic N) is 1. The summed E-state index contributed by atoms with van der Waals surface area (Å²) < 4.78 is 22.1. The van der Waals surface area contributed by atoms with E-state index < -0.39 is 6.10 Å². The maximum atomic E-state index is 10.2. The smallest absolute Gasteiger partial charge is 0.161 e. The van der Waals surface area contributed by atoms with E-state index in [9.17, 15) is 5.11 Å². The van der Waals surface area contributed by atoms with E-state index in [4.69, 9.17) is 18.9 Å². The fourth-order valence-corrected chi connectivity index (χ4v) is 2.86. The van der Waals surface area contributed by atoms with Crippen molar-refractivity contribution in [3.8, 4) is 11.5 Å². The van der Waals surface area contributed by atoms with Crippen LogP contribution in [0.25, 0.3) is 0 Å². The summed E-state index contributed by atoms with van der Waals surface area (Å²) in [5.74, 6) is 1.32. The molecule has 2 N–H and O–H groups in total. The van der Waals surface area contributed by atoms with Crippen LogP contribution in [0.4, 0.5) is 0 Å². The van der Waals surface area contributed by atoms with Gasteiger partial charge in [0.2, 0.25) is 0 Å². The maximum Gasteiger partial charge on any atom is 0.161 e. The summed E-state index contributed by atoms with van der Waals surface area (Å²) in [7, 11) is 1.63. The van der Waals surface area contributed by atoms with E-state index in [2.05, 4.69) is 10.2 Å². The van der Waals surface area contributed by atoms with Gasteiger partial charge in [-0.05, 0) is 31.5 Å². The van der Waals surface area contributed by atoms with Gasteiger partial charge in [0.25, 0.3) is 0 Å². The van der Waals surface area contributed by atoms with Crippen molar-refractivity contribution in [3.05, 3.63) is 23.8 Å². The van der Waals surface area contributed by atoms with Crippen LogP contribution in [-0.2, 0) is 16.0 Å². The Hall–Kier alpha value is -1.38. The Labute approximate surface area is 162 Å². The van der Waals surface area contributed by atoms with Crippen molar-refractivity contribution in [2.75, 3.05) is 59.7 Å². The highest BCUT2D eigenvalue weighted by atomic mass is 16.5. The highest BCUT2D eigenvalue weighted by molar-refractivity contribution is 5.43. The SMILES string of the molecule is COc1cc(CNCCOC(C)C)ccc1OC[C@@H](O)CN1CCOCC1. The number of nitrogens with one attached hydrogen (secondary N) is 1. The second-order valence-corrected chi connectivity index (χ2v) is 6.96. The first-order valence-electron chi connectivity index (χ1n) is 9.68. The Morgan fingerprint density at radius 3 is 2.70 bits per heavy atom. The standard InChI is InChI=1S/C20H34N2O5/c1-16(2)26-9-6-21-13-17-4-5-19(20(12-17)24-3)27-15-18(23)14-22-7-10-25-11-8-22/h4-5,12,16,18,21,23H,6-11,13-15H2,1-3H3/t18-/m0/s1. The van der Waals surface area contributed by atoms with Crippen molar-refractivity contribution in [3.63, 3.8) is 0 Å². The molecule has 1 aromatic rings. The Morgan fingerprint density at radius 2 is 2.00 bits per heavy atom. The molecule has 2 rings (SSSR count). The Balaban J connectivity index is 1.75. The van der Waals surface area contributed by atoms with Crippen LogP contribution in [0.2, 0.25) is 0 Å². The second-order valence-electron chi connectivity index (χ2n) is 6.96. The molecule has 0 aromatic heterocycles. The highest BCUT2D eigenvalue weighted by Gasteiger charge is 2.16. The Morgan fingerprint density at radius 1 is 1.22 bits per heavy atom. The summed E-state index contributed by atoms with van der Waals surface area (Å²) in [4.78, 5) is 2.19. The van der Waals surface area contributed by atoms with Gasteiger partial charge in [-0.1, -0.05) is 6.07 Å². The molecule has 1 heterocycles. The van der Waals surface area contributed by atoms with Crippen molar-refractivity contribution < 1.29 is 24.1 Å². The zero-order valence-corrected chi connectivity index (χ0v) is 16.8. The van der Waals surface area contributed by atoms with E-state index in [1.165, 1.54) is 0 Å². The first-order chi connectivity index (χ1) is 13.1. The molecule has 1 atom stereocenters. The summed E-state index contributed by atoms with van der Waals surface area (Å²) in [6, 6.07) is 5.85. The van der Waals surface area contributed by atoms with Gasteiger partial charge in [-0.2, -0.15) is 0 Å². The number of nitrogens with zero attached hydrogens (tertiary/aromatic N) is 1. The average Bonchev–Trinajstić information content (AvgIpc) is 2.67. The number of ether oxygens (including phenoxy) is 4. The lowest BCUT2D eigenvalue weighted by atomic mass is 10.2. The lowest BCUT2D eigenvalue weighted by Gasteiger charge is -2.28. The molecule has 0 unspecified atom stereocenters. The van der Waals surface area contributed by atoms with Crippen LogP contribution in [0.3, 0.4) is 0 Å². The third-order valence-corrected chi connectivity index (χ3v) is 4.29. The van der Waals surface area contributed by atoms with Crippen molar-refractivity contribution in [2.45, 2.75) is 32.6 Å². The zero-order chi connectivity index (χ0) is 19.5. The number of benzene rings is 1. The number of morpholine rings is 1.